The Morgan fingerprint density at radius 1 is 1.40 bits per heavy atom. The topological polar surface area (TPSA) is 38.8 Å². The smallest absolute Gasteiger partial charge is 0.265 e. The van der Waals surface area contributed by atoms with E-state index in [1.807, 2.05) is 0 Å². The van der Waals surface area contributed by atoms with Gasteiger partial charge in [-0.1, -0.05) is 11.8 Å². The van der Waals surface area contributed by atoms with Crippen LogP contribution in [0.5, 0.6) is 0 Å². The molecule has 0 saturated carbocycles. The molecule has 0 aromatic rings. The SMILES string of the molecule is C=C(C)C(=O)N(OC)OC. The zero-order valence-corrected chi connectivity index (χ0v) is 6.38. The molecule has 0 atom stereocenters. The molecule has 0 unspecified atom stereocenters. The van der Waals surface area contributed by atoms with E-state index in [0.29, 0.717) is 5.57 Å². The lowest BCUT2D eigenvalue weighted by Gasteiger charge is -2.14. The van der Waals surface area contributed by atoms with Crippen molar-refractivity contribution < 1.29 is 14.5 Å². The minimum atomic E-state index is -0.384. The highest BCUT2D eigenvalue weighted by Crippen LogP contribution is 1.97. The maximum absolute atomic E-state index is 10.9. The summed E-state index contributed by atoms with van der Waals surface area (Å²) in [6, 6.07) is 0. The van der Waals surface area contributed by atoms with Gasteiger partial charge in [-0.25, -0.2) is 9.68 Å². The van der Waals surface area contributed by atoms with Crippen molar-refractivity contribution in [3.05, 3.63) is 12.2 Å². The molecule has 0 aliphatic carbocycles. The normalized spacial score (nSPS) is 9.10. The molecule has 0 radical (unpaired) electrons. The maximum Gasteiger partial charge on any atom is 0.299 e. The van der Waals surface area contributed by atoms with Gasteiger partial charge in [-0.3, -0.25) is 4.79 Å². The van der Waals surface area contributed by atoms with Gasteiger partial charge in [0.25, 0.3) is 5.91 Å². The van der Waals surface area contributed by atoms with Crippen LogP contribution in [0.4, 0.5) is 0 Å². The molecule has 58 valence electrons. The van der Waals surface area contributed by atoms with E-state index in [0.717, 1.165) is 5.23 Å². The fraction of sp³-hybridized carbons (Fsp3) is 0.500. The molecule has 0 fully saturated rings. The average Bonchev–Trinajstić information content (AvgIpc) is 1.90. The summed E-state index contributed by atoms with van der Waals surface area (Å²) in [5.74, 6) is -0.384. The third-order valence-electron chi connectivity index (χ3n) is 0.863. The fourth-order valence-electron chi connectivity index (χ4n) is 0.396. The molecule has 0 N–H and O–H groups in total. The molecular weight excluding hydrogens is 134 g/mol. The number of carbonyl (C=O) groups excluding carboxylic acids is 1. The van der Waals surface area contributed by atoms with E-state index in [4.69, 9.17) is 0 Å². The number of hydrogen-bond donors (Lipinski definition) is 0. The first-order valence-electron chi connectivity index (χ1n) is 2.71. The second-order valence-corrected chi connectivity index (χ2v) is 1.71. The van der Waals surface area contributed by atoms with Crippen molar-refractivity contribution in [2.75, 3.05) is 14.2 Å². The molecule has 0 aromatic heterocycles. The summed E-state index contributed by atoms with van der Waals surface area (Å²) in [5.41, 5.74) is 0.365. The lowest BCUT2D eigenvalue weighted by molar-refractivity contribution is -0.314. The van der Waals surface area contributed by atoms with Crippen LogP contribution in [0.25, 0.3) is 0 Å². The largest absolute Gasteiger partial charge is 0.299 e. The van der Waals surface area contributed by atoms with Crippen LogP contribution in [0, 0.1) is 0 Å². The lowest BCUT2D eigenvalue weighted by Crippen LogP contribution is -2.28. The third-order valence-corrected chi connectivity index (χ3v) is 0.863. The Balaban J connectivity index is 4.02. The van der Waals surface area contributed by atoms with Crippen LogP contribution < -0.4 is 0 Å². The van der Waals surface area contributed by atoms with Gasteiger partial charge in [-0.05, 0) is 6.92 Å². The van der Waals surface area contributed by atoms with E-state index in [9.17, 15) is 4.79 Å². The minimum absolute atomic E-state index is 0.365. The third kappa shape index (κ3) is 2.16. The number of carbonyl (C=O) groups is 1. The van der Waals surface area contributed by atoms with Crippen molar-refractivity contribution in [2.45, 2.75) is 6.92 Å². The Morgan fingerprint density at radius 3 is 1.90 bits per heavy atom. The monoisotopic (exact) mass is 145 g/mol. The number of amides is 1. The molecule has 0 heterocycles. The van der Waals surface area contributed by atoms with Gasteiger partial charge < -0.3 is 0 Å². The Bertz CT molecular complexity index is 140. The average molecular weight is 145 g/mol. The highest BCUT2D eigenvalue weighted by Gasteiger charge is 2.11. The second-order valence-electron chi connectivity index (χ2n) is 1.71. The van der Waals surface area contributed by atoms with E-state index in [1.165, 1.54) is 14.2 Å². The molecule has 0 spiro atoms. The molecule has 4 nitrogen and oxygen atoms in total. The fourth-order valence-corrected chi connectivity index (χ4v) is 0.396. The molecule has 0 aliphatic heterocycles. The Kier molecular flexibility index (Phi) is 3.68. The molecule has 0 saturated heterocycles. The highest BCUT2D eigenvalue weighted by atomic mass is 16.9. The van der Waals surface area contributed by atoms with Crippen molar-refractivity contribution in [2.24, 2.45) is 0 Å². The van der Waals surface area contributed by atoms with E-state index in [-0.39, 0.29) is 5.91 Å². The van der Waals surface area contributed by atoms with Crippen molar-refractivity contribution in [3.8, 4) is 0 Å². The minimum Gasteiger partial charge on any atom is -0.265 e. The predicted molar refractivity (Wildman–Crippen MR) is 35.7 cm³/mol. The molecule has 0 bridgehead atoms. The summed E-state index contributed by atoms with van der Waals surface area (Å²) in [5, 5.41) is 0.752. The van der Waals surface area contributed by atoms with Crippen molar-refractivity contribution >= 4 is 5.91 Å². The van der Waals surface area contributed by atoms with Crippen molar-refractivity contribution in [3.63, 3.8) is 0 Å². The second kappa shape index (κ2) is 4.03. The molecule has 0 aromatic carbocycles. The van der Waals surface area contributed by atoms with Crippen LogP contribution in [-0.4, -0.2) is 25.4 Å². The van der Waals surface area contributed by atoms with Gasteiger partial charge in [0.05, 0.1) is 14.2 Å². The zero-order valence-electron chi connectivity index (χ0n) is 6.38. The van der Waals surface area contributed by atoms with Crippen LogP contribution in [0.1, 0.15) is 6.92 Å². The predicted octanol–water partition coefficient (Wildman–Crippen LogP) is 0.514. The molecule has 10 heavy (non-hydrogen) atoms. The van der Waals surface area contributed by atoms with Gasteiger partial charge in [-0.2, -0.15) is 0 Å². The summed E-state index contributed by atoms with van der Waals surface area (Å²) in [6.45, 7) is 5.00. The summed E-state index contributed by atoms with van der Waals surface area (Å²) in [4.78, 5) is 19.9. The summed E-state index contributed by atoms with van der Waals surface area (Å²) in [6.07, 6.45) is 0. The van der Waals surface area contributed by atoms with Gasteiger partial charge in [-0.15, -0.1) is 0 Å². The number of nitrogens with zero attached hydrogens (tertiary/aromatic N) is 1. The van der Waals surface area contributed by atoms with Gasteiger partial charge in [0.15, 0.2) is 0 Å². The maximum atomic E-state index is 10.9. The lowest BCUT2D eigenvalue weighted by atomic mass is 10.3. The Labute approximate surface area is 59.9 Å². The Hall–Kier alpha value is -0.870. The molecule has 1 amide bonds. The van der Waals surface area contributed by atoms with Gasteiger partial charge in [0, 0.05) is 5.57 Å². The number of rotatable bonds is 3. The van der Waals surface area contributed by atoms with Gasteiger partial charge in [0.1, 0.15) is 0 Å². The highest BCUT2D eigenvalue weighted by molar-refractivity contribution is 5.90. The summed E-state index contributed by atoms with van der Waals surface area (Å²) in [7, 11) is 2.68. The molecule has 0 aliphatic rings. The van der Waals surface area contributed by atoms with Crippen LogP contribution in [0.15, 0.2) is 12.2 Å². The van der Waals surface area contributed by atoms with Crippen LogP contribution in [0.2, 0.25) is 0 Å². The van der Waals surface area contributed by atoms with Crippen molar-refractivity contribution in [1.82, 2.24) is 5.23 Å². The van der Waals surface area contributed by atoms with Gasteiger partial charge >= 0.3 is 0 Å². The standard InChI is InChI=1S/C6H11NO3/c1-5(2)6(8)7(9-3)10-4/h1H2,2-4H3. The molecule has 4 heteroatoms. The number of hydrogen-bond acceptors (Lipinski definition) is 3. The van der Waals surface area contributed by atoms with E-state index >= 15 is 0 Å². The summed E-state index contributed by atoms with van der Waals surface area (Å²) < 4.78 is 0. The van der Waals surface area contributed by atoms with E-state index in [2.05, 4.69) is 16.3 Å². The van der Waals surface area contributed by atoms with Crippen LogP contribution >= 0.6 is 0 Å². The van der Waals surface area contributed by atoms with Crippen LogP contribution in [0.3, 0.4) is 0 Å². The van der Waals surface area contributed by atoms with Crippen LogP contribution in [-0.2, 0) is 14.5 Å². The Morgan fingerprint density at radius 2 is 1.80 bits per heavy atom. The first kappa shape index (κ1) is 9.13. The van der Waals surface area contributed by atoms with Crippen molar-refractivity contribution in [1.29, 1.82) is 0 Å². The van der Waals surface area contributed by atoms with E-state index in [1.54, 1.807) is 6.92 Å². The number of hydroxylamine groups is 2. The molecule has 0 rings (SSSR count). The quantitative estimate of drug-likeness (QED) is 0.429. The van der Waals surface area contributed by atoms with E-state index < -0.39 is 0 Å². The molecular formula is C6H11NO3. The van der Waals surface area contributed by atoms with Gasteiger partial charge in [0.2, 0.25) is 0 Å². The zero-order chi connectivity index (χ0) is 8.15. The first-order chi connectivity index (χ1) is 4.63. The first-order valence-corrected chi connectivity index (χ1v) is 2.71. The summed E-state index contributed by atoms with van der Waals surface area (Å²) >= 11 is 0.